The highest BCUT2D eigenvalue weighted by molar-refractivity contribution is 7.15. The van der Waals surface area contributed by atoms with Gasteiger partial charge in [0, 0.05) is 17.5 Å². The first-order valence-corrected chi connectivity index (χ1v) is 7.86. The number of aryl methyl sites for hydroxylation is 2. The van der Waals surface area contributed by atoms with Crippen molar-refractivity contribution in [3.8, 4) is 10.6 Å². The van der Waals surface area contributed by atoms with Crippen LogP contribution >= 0.6 is 11.3 Å². The van der Waals surface area contributed by atoms with Gasteiger partial charge in [-0.05, 0) is 32.3 Å². The normalized spacial score (nSPS) is 15.1. The highest BCUT2D eigenvalue weighted by atomic mass is 32.1. The minimum atomic E-state index is 0.746. The lowest BCUT2D eigenvalue weighted by Crippen LogP contribution is -2.15. The highest BCUT2D eigenvalue weighted by Crippen LogP contribution is 2.32. The van der Waals surface area contributed by atoms with Gasteiger partial charge in [0.25, 0.3) is 0 Å². The second-order valence-corrected chi connectivity index (χ2v) is 6.27. The standard InChI is InChI=1S/C15H20N2OS/c1-3-4-13-14(9-16-11-5-6-11)19-15(17-13)12-7-8-18-10(12)2/h7-8,11,16H,3-6,9H2,1-2H3. The number of rotatable bonds is 6. The van der Waals surface area contributed by atoms with Crippen LogP contribution in [0.5, 0.6) is 0 Å². The van der Waals surface area contributed by atoms with Gasteiger partial charge in [0.15, 0.2) is 0 Å². The average Bonchev–Trinajstić information content (AvgIpc) is 3.00. The topological polar surface area (TPSA) is 38.1 Å². The first-order valence-electron chi connectivity index (χ1n) is 7.04. The van der Waals surface area contributed by atoms with Crippen molar-refractivity contribution in [1.82, 2.24) is 10.3 Å². The summed E-state index contributed by atoms with van der Waals surface area (Å²) in [5, 5.41) is 4.69. The Kier molecular flexibility index (Phi) is 3.71. The summed E-state index contributed by atoms with van der Waals surface area (Å²) in [6, 6.07) is 2.76. The Balaban J connectivity index is 1.84. The summed E-state index contributed by atoms with van der Waals surface area (Å²) in [5.74, 6) is 0.957. The molecule has 1 fully saturated rings. The highest BCUT2D eigenvalue weighted by Gasteiger charge is 2.22. The lowest BCUT2D eigenvalue weighted by atomic mass is 10.2. The maximum atomic E-state index is 5.39. The molecule has 1 aliphatic rings. The SMILES string of the molecule is CCCc1nc(-c2ccoc2C)sc1CNC1CC1. The van der Waals surface area contributed by atoms with E-state index in [4.69, 9.17) is 9.40 Å². The van der Waals surface area contributed by atoms with E-state index in [1.807, 2.05) is 24.3 Å². The second-order valence-electron chi connectivity index (χ2n) is 5.18. The number of hydrogen-bond donors (Lipinski definition) is 1. The number of aromatic nitrogens is 1. The van der Waals surface area contributed by atoms with E-state index < -0.39 is 0 Å². The first-order chi connectivity index (χ1) is 9.28. The molecule has 0 radical (unpaired) electrons. The molecule has 0 amide bonds. The van der Waals surface area contributed by atoms with Crippen LogP contribution in [0.1, 0.15) is 42.5 Å². The van der Waals surface area contributed by atoms with Crippen LogP contribution in [0.25, 0.3) is 10.6 Å². The molecule has 19 heavy (non-hydrogen) atoms. The van der Waals surface area contributed by atoms with E-state index in [1.165, 1.54) is 23.4 Å². The molecular formula is C15H20N2OS. The zero-order valence-corrected chi connectivity index (χ0v) is 12.3. The molecule has 2 heterocycles. The average molecular weight is 276 g/mol. The van der Waals surface area contributed by atoms with Crippen LogP contribution in [-0.2, 0) is 13.0 Å². The lowest BCUT2D eigenvalue weighted by molar-refractivity contribution is 0.535. The van der Waals surface area contributed by atoms with Gasteiger partial charge in [-0.15, -0.1) is 11.3 Å². The zero-order chi connectivity index (χ0) is 13.2. The number of nitrogens with zero attached hydrogens (tertiary/aromatic N) is 1. The van der Waals surface area contributed by atoms with Crippen LogP contribution in [0, 0.1) is 6.92 Å². The third-order valence-electron chi connectivity index (χ3n) is 3.48. The molecule has 102 valence electrons. The monoisotopic (exact) mass is 276 g/mol. The van der Waals surface area contributed by atoms with Gasteiger partial charge in [0.2, 0.25) is 0 Å². The van der Waals surface area contributed by atoms with E-state index in [2.05, 4.69) is 12.2 Å². The maximum Gasteiger partial charge on any atom is 0.127 e. The van der Waals surface area contributed by atoms with Gasteiger partial charge in [0.05, 0.1) is 17.5 Å². The van der Waals surface area contributed by atoms with Crippen molar-refractivity contribution in [2.45, 2.75) is 52.1 Å². The molecule has 3 nitrogen and oxygen atoms in total. The van der Waals surface area contributed by atoms with Gasteiger partial charge < -0.3 is 9.73 Å². The molecule has 1 N–H and O–H groups in total. The smallest absolute Gasteiger partial charge is 0.127 e. The molecule has 3 rings (SSSR count). The Morgan fingerprint density at radius 1 is 1.47 bits per heavy atom. The van der Waals surface area contributed by atoms with E-state index in [0.717, 1.165) is 41.8 Å². The lowest BCUT2D eigenvalue weighted by Gasteiger charge is -2.01. The molecule has 0 aromatic carbocycles. The van der Waals surface area contributed by atoms with Crippen LogP contribution in [-0.4, -0.2) is 11.0 Å². The molecule has 0 aliphatic heterocycles. The fraction of sp³-hybridized carbons (Fsp3) is 0.533. The van der Waals surface area contributed by atoms with E-state index in [9.17, 15) is 0 Å². The van der Waals surface area contributed by atoms with Gasteiger partial charge in [-0.2, -0.15) is 0 Å². The summed E-state index contributed by atoms with van der Waals surface area (Å²) in [6.07, 6.45) is 6.61. The molecule has 4 heteroatoms. The molecule has 2 aromatic heterocycles. The number of thiazole rings is 1. The Bertz CT molecular complexity index is 554. The Morgan fingerprint density at radius 2 is 2.32 bits per heavy atom. The zero-order valence-electron chi connectivity index (χ0n) is 11.5. The van der Waals surface area contributed by atoms with Crippen molar-refractivity contribution in [2.75, 3.05) is 0 Å². The maximum absolute atomic E-state index is 5.39. The molecule has 0 unspecified atom stereocenters. The molecule has 1 aliphatic carbocycles. The van der Waals surface area contributed by atoms with Gasteiger partial charge in [-0.25, -0.2) is 4.98 Å². The minimum absolute atomic E-state index is 0.746. The third-order valence-corrected chi connectivity index (χ3v) is 4.61. The van der Waals surface area contributed by atoms with Crippen molar-refractivity contribution in [3.05, 3.63) is 28.7 Å². The van der Waals surface area contributed by atoms with Crippen molar-refractivity contribution >= 4 is 11.3 Å². The van der Waals surface area contributed by atoms with Crippen LogP contribution in [0.3, 0.4) is 0 Å². The first kappa shape index (κ1) is 12.9. The summed E-state index contributed by atoms with van der Waals surface area (Å²) >= 11 is 1.81. The largest absolute Gasteiger partial charge is 0.469 e. The van der Waals surface area contributed by atoms with E-state index >= 15 is 0 Å². The van der Waals surface area contributed by atoms with Crippen LogP contribution in [0.15, 0.2) is 16.7 Å². The van der Waals surface area contributed by atoms with Crippen molar-refractivity contribution in [1.29, 1.82) is 0 Å². The molecule has 1 saturated carbocycles. The van der Waals surface area contributed by atoms with Crippen LogP contribution in [0.2, 0.25) is 0 Å². The van der Waals surface area contributed by atoms with E-state index in [0.29, 0.717) is 0 Å². The number of furan rings is 1. The van der Waals surface area contributed by atoms with E-state index in [1.54, 1.807) is 6.26 Å². The molecule has 2 aromatic rings. The fourth-order valence-electron chi connectivity index (χ4n) is 2.20. The van der Waals surface area contributed by atoms with Crippen LogP contribution < -0.4 is 5.32 Å². The van der Waals surface area contributed by atoms with Crippen LogP contribution in [0.4, 0.5) is 0 Å². The number of nitrogens with one attached hydrogen (secondary N) is 1. The summed E-state index contributed by atoms with van der Waals surface area (Å²) in [4.78, 5) is 6.21. The van der Waals surface area contributed by atoms with Gasteiger partial charge in [-0.1, -0.05) is 13.3 Å². The molecule has 0 atom stereocenters. The predicted molar refractivity (Wildman–Crippen MR) is 78.4 cm³/mol. The second kappa shape index (κ2) is 5.47. The summed E-state index contributed by atoms with van der Waals surface area (Å²) in [7, 11) is 0. The van der Waals surface area contributed by atoms with Gasteiger partial charge in [0.1, 0.15) is 10.8 Å². The molecular weight excluding hydrogens is 256 g/mol. The van der Waals surface area contributed by atoms with Crippen molar-refractivity contribution in [2.24, 2.45) is 0 Å². The van der Waals surface area contributed by atoms with E-state index in [-0.39, 0.29) is 0 Å². The Hall–Kier alpha value is -1.13. The molecule has 0 bridgehead atoms. The summed E-state index contributed by atoms with van der Waals surface area (Å²) in [5.41, 5.74) is 2.40. The molecule has 0 spiro atoms. The fourth-order valence-corrected chi connectivity index (χ4v) is 3.33. The third kappa shape index (κ3) is 2.90. The predicted octanol–water partition coefficient (Wildman–Crippen LogP) is 3.92. The summed E-state index contributed by atoms with van der Waals surface area (Å²) in [6.45, 7) is 5.17. The van der Waals surface area contributed by atoms with Gasteiger partial charge in [-0.3, -0.25) is 0 Å². The Morgan fingerprint density at radius 3 is 2.95 bits per heavy atom. The molecule has 0 saturated heterocycles. The number of hydrogen-bond acceptors (Lipinski definition) is 4. The van der Waals surface area contributed by atoms with Gasteiger partial charge >= 0.3 is 0 Å². The van der Waals surface area contributed by atoms with Crippen molar-refractivity contribution in [3.63, 3.8) is 0 Å². The minimum Gasteiger partial charge on any atom is -0.469 e. The quantitative estimate of drug-likeness (QED) is 0.869. The Labute approximate surface area is 118 Å². The van der Waals surface area contributed by atoms with Crippen molar-refractivity contribution < 1.29 is 4.42 Å². The summed E-state index contributed by atoms with van der Waals surface area (Å²) < 4.78 is 5.39.